The van der Waals surface area contributed by atoms with Crippen LogP contribution in [-0.4, -0.2) is 38.0 Å². The van der Waals surface area contributed by atoms with E-state index < -0.39 is 0 Å². The maximum atomic E-state index is 5.86. The third kappa shape index (κ3) is 10.7. The van der Waals surface area contributed by atoms with Gasteiger partial charge in [-0.15, -0.1) is 0 Å². The molecule has 0 radical (unpaired) electrons. The first kappa shape index (κ1) is 16.9. The van der Waals surface area contributed by atoms with Crippen LogP contribution < -0.4 is 5.32 Å². The average Bonchev–Trinajstić information content (AvgIpc) is 2.20. The largest absolute Gasteiger partial charge is 0.379 e. The van der Waals surface area contributed by atoms with Crippen LogP contribution in [0.3, 0.4) is 0 Å². The Labute approximate surface area is 107 Å². The number of rotatable bonds is 9. The molecular weight excluding hydrogens is 214 g/mol. The highest BCUT2D eigenvalue weighted by Gasteiger charge is 2.17. The third-order valence-electron chi connectivity index (χ3n) is 2.49. The van der Waals surface area contributed by atoms with E-state index >= 15 is 0 Å². The second-order valence-corrected chi connectivity index (χ2v) is 5.90. The molecular formula is C14H31NO2. The van der Waals surface area contributed by atoms with E-state index in [0.717, 1.165) is 19.6 Å². The molecule has 0 spiro atoms. The summed E-state index contributed by atoms with van der Waals surface area (Å²) in [5.74, 6) is 0.524. The number of hydrogen-bond acceptors (Lipinski definition) is 3. The summed E-state index contributed by atoms with van der Waals surface area (Å²) in [6.07, 6.45) is 1.33. The van der Waals surface area contributed by atoms with Crippen LogP contribution in [0.4, 0.5) is 0 Å². The smallest absolute Gasteiger partial charge is 0.0723 e. The van der Waals surface area contributed by atoms with Gasteiger partial charge in [0.05, 0.1) is 19.3 Å². The number of nitrogens with one attached hydrogen (secondary N) is 1. The SMILES string of the molecule is CCCOCCOC(CNC(C)(C)C)C(C)C. The Morgan fingerprint density at radius 3 is 2.18 bits per heavy atom. The van der Waals surface area contributed by atoms with Gasteiger partial charge in [0.1, 0.15) is 0 Å². The molecule has 104 valence electrons. The lowest BCUT2D eigenvalue weighted by Gasteiger charge is -2.27. The van der Waals surface area contributed by atoms with E-state index in [1.807, 2.05) is 0 Å². The van der Waals surface area contributed by atoms with Gasteiger partial charge in [-0.1, -0.05) is 20.8 Å². The third-order valence-corrected chi connectivity index (χ3v) is 2.49. The first-order valence-corrected chi connectivity index (χ1v) is 6.81. The molecule has 0 aromatic carbocycles. The van der Waals surface area contributed by atoms with Gasteiger partial charge in [-0.2, -0.15) is 0 Å². The topological polar surface area (TPSA) is 30.5 Å². The molecule has 1 N–H and O–H groups in total. The van der Waals surface area contributed by atoms with E-state index in [0.29, 0.717) is 19.1 Å². The summed E-state index contributed by atoms with van der Waals surface area (Å²) in [6, 6.07) is 0. The van der Waals surface area contributed by atoms with Crippen molar-refractivity contribution in [2.45, 2.75) is 59.6 Å². The zero-order valence-corrected chi connectivity index (χ0v) is 12.5. The number of hydrogen-bond donors (Lipinski definition) is 1. The second-order valence-electron chi connectivity index (χ2n) is 5.90. The van der Waals surface area contributed by atoms with Crippen molar-refractivity contribution in [3.8, 4) is 0 Å². The quantitative estimate of drug-likeness (QED) is 0.634. The molecule has 0 aliphatic heterocycles. The Kier molecular flexibility index (Phi) is 8.83. The summed E-state index contributed by atoms with van der Waals surface area (Å²) in [5.41, 5.74) is 0.148. The van der Waals surface area contributed by atoms with E-state index in [1.54, 1.807) is 0 Å². The van der Waals surface area contributed by atoms with Crippen molar-refractivity contribution in [3.05, 3.63) is 0 Å². The maximum Gasteiger partial charge on any atom is 0.0723 e. The molecule has 1 unspecified atom stereocenters. The Balaban J connectivity index is 3.76. The average molecular weight is 245 g/mol. The van der Waals surface area contributed by atoms with Crippen LogP contribution in [0.25, 0.3) is 0 Å². The fourth-order valence-electron chi connectivity index (χ4n) is 1.40. The lowest BCUT2D eigenvalue weighted by Crippen LogP contribution is -2.43. The molecule has 0 fully saturated rings. The molecule has 0 aromatic heterocycles. The van der Waals surface area contributed by atoms with Crippen molar-refractivity contribution in [1.82, 2.24) is 5.32 Å². The van der Waals surface area contributed by atoms with E-state index in [9.17, 15) is 0 Å². The van der Waals surface area contributed by atoms with Crippen molar-refractivity contribution >= 4 is 0 Å². The van der Waals surface area contributed by atoms with Crippen LogP contribution in [0.5, 0.6) is 0 Å². The van der Waals surface area contributed by atoms with Crippen molar-refractivity contribution in [1.29, 1.82) is 0 Å². The molecule has 0 rings (SSSR count). The van der Waals surface area contributed by atoms with Gasteiger partial charge in [0, 0.05) is 18.7 Å². The van der Waals surface area contributed by atoms with Crippen LogP contribution in [0, 0.1) is 5.92 Å². The molecule has 3 nitrogen and oxygen atoms in total. The highest BCUT2D eigenvalue weighted by Crippen LogP contribution is 2.08. The molecule has 17 heavy (non-hydrogen) atoms. The van der Waals surface area contributed by atoms with Crippen LogP contribution in [0.15, 0.2) is 0 Å². The summed E-state index contributed by atoms with van der Waals surface area (Å²) < 4.78 is 11.3. The molecule has 0 aliphatic carbocycles. The molecule has 1 atom stereocenters. The fraction of sp³-hybridized carbons (Fsp3) is 1.00. The lowest BCUT2D eigenvalue weighted by molar-refractivity contribution is -0.0161. The summed E-state index contributed by atoms with van der Waals surface area (Å²) >= 11 is 0. The molecule has 0 amide bonds. The van der Waals surface area contributed by atoms with Crippen molar-refractivity contribution in [2.75, 3.05) is 26.4 Å². The summed E-state index contributed by atoms with van der Waals surface area (Å²) in [5, 5.41) is 3.49. The Morgan fingerprint density at radius 2 is 1.71 bits per heavy atom. The number of ether oxygens (including phenoxy) is 2. The van der Waals surface area contributed by atoms with Gasteiger partial charge in [-0.3, -0.25) is 0 Å². The fourth-order valence-corrected chi connectivity index (χ4v) is 1.40. The van der Waals surface area contributed by atoms with E-state index in [-0.39, 0.29) is 11.6 Å². The molecule has 0 heterocycles. The molecule has 0 aliphatic rings. The molecule has 3 heteroatoms. The van der Waals surface area contributed by atoms with Gasteiger partial charge < -0.3 is 14.8 Å². The minimum absolute atomic E-state index is 0.148. The summed E-state index contributed by atoms with van der Waals surface area (Å²) in [7, 11) is 0. The Morgan fingerprint density at radius 1 is 1.06 bits per heavy atom. The predicted octanol–water partition coefficient (Wildman–Crippen LogP) is 2.84. The van der Waals surface area contributed by atoms with E-state index in [4.69, 9.17) is 9.47 Å². The van der Waals surface area contributed by atoms with Gasteiger partial charge in [-0.25, -0.2) is 0 Å². The van der Waals surface area contributed by atoms with Gasteiger partial charge in [-0.05, 0) is 33.1 Å². The van der Waals surface area contributed by atoms with Crippen molar-refractivity contribution in [3.63, 3.8) is 0 Å². The van der Waals surface area contributed by atoms with Gasteiger partial charge in [0.2, 0.25) is 0 Å². The molecule has 0 bridgehead atoms. The van der Waals surface area contributed by atoms with Gasteiger partial charge in [0.25, 0.3) is 0 Å². The maximum absolute atomic E-state index is 5.86. The van der Waals surface area contributed by atoms with Crippen LogP contribution >= 0.6 is 0 Å². The highest BCUT2D eigenvalue weighted by molar-refractivity contribution is 4.75. The Bertz CT molecular complexity index is 176. The minimum atomic E-state index is 0.148. The first-order valence-electron chi connectivity index (χ1n) is 6.81. The highest BCUT2D eigenvalue weighted by atomic mass is 16.5. The molecule has 0 saturated carbocycles. The standard InChI is InChI=1S/C14H31NO2/c1-7-8-16-9-10-17-13(12(2)3)11-15-14(4,5)6/h12-13,15H,7-11H2,1-6H3. The second kappa shape index (κ2) is 8.90. The molecule has 0 saturated heterocycles. The molecule has 0 aromatic rings. The monoisotopic (exact) mass is 245 g/mol. The van der Waals surface area contributed by atoms with Crippen LogP contribution in [-0.2, 0) is 9.47 Å². The summed E-state index contributed by atoms with van der Waals surface area (Å²) in [4.78, 5) is 0. The predicted molar refractivity (Wildman–Crippen MR) is 73.4 cm³/mol. The van der Waals surface area contributed by atoms with Crippen molar-refractivity contribution in [2.24, 2.45) is 5.92 Å². The van der Waals surface area contributed by atoms with Crippen molar-refractivity contribution < 1.29 is 9.47 Å². The van der Waals surface area contributed by atoms with Crippen LogP contribution in [0.1, 0.15) is 48.0 Å². The lowest BCUT2D eigenvalue weighted by atomic mass is 10.0. The van der Waals surface area contributed by atoms with Gasteiger partial charge in [0.15, 0.2) is 0 Å². The van der Waals surface area contributed by atoms with E-state index in [2.05, 4.69) is 46.9 Å². The Hall–Kier alpha value is -0.120. The summed E-state index contributed by atoms with van der Waals surface area (Å²) in [6.45, 7) is 16.2. The van der Waals surface area contributed by atoms with Crippen LogP contribution in [0.2, 0.25) is 0 Å². The zero-order valence-electron chi connectivity index (χ0n) is 12.5. The first-order chi connectivity index (χ1) is 7.87. The van der Waals surface area contributed by atoms with E-state index in [1.165, 1.54) is 0 Å². The normalized spacial score (nSPS) is 14.3. The zero-order chi connectivity index (χ0) is 13.3. The van der Waals surface area contributed by atoms with Gasteiger partial charge >= 0.3 is 0 Å². The minimum Gasteiger partial charge on any atom is -0.379 e.